The zero-order chi connectivity index (χ0) is 11.3. The third-order valence-electron chi connectivity index (χ3n) is 1.83. The maximum absolute atomic E-state index is 10.9. The van der Waals surface area contributed by atoms with Crippen LogP contribution >= 0.6 is 0 Å². The van der Waals surface area contributed by atoms with Gasteiger partial charge in [0.05, 0.1) is 13.2 Å². The van der Waals surface area contributed by atoms with Gasteiger partial charge >= 0.3 is 5.97 Å². The highest BCUT2D eigenvalue weighted by Crippen LogP contribution is 2.25. The first-order valence-electron chi connectivity index (χ1n) is 4.66. The highest BCUT2D eigenvalue weighted by atomic mass is 16.7. The number of esters is 1. The van der Waals surface area contributed by atoms with Crippen molar-refractivity contribution in [1.82, 2.24) is 0 Å². The van der Waals surface area contributed by atoms with Crippen LogP contribution in [-0.2, 0) is 23.7 Å². The molecule has 5 heteroatoms. The van der Waals surface area contributed by atoms with E-state index >= 15 is 0 Å². The molecule has 1 saturated heterocycles. The SMILES string of the molecule is C=C(C)C(=O)OCOCOCC1(C)CO1. The van der Waals surface area contributed by atoms with Crippen LogP contribution in [0.3, 0.4) is 0 Å². The lowest BCUT2D eigenvalue weighted by Gasteiger charge is -2.08. The first-order valence-corrected chi connectivity index (χ1v) is 4.66. The van der Waals surface area contributed by atoms with Crippen LogP contribution in [0.2, 0.25) is 0 Å². The maximum atomic E-state index is 10.9. The van der Waals surface area contributed by atoms with Crippen molar-refractivity contribution < 1.29 is 23.7 Å². The topological polar surface area (TPSA) is 57.3 Å². The van der Waals surface area contributed by atoms with Gasteiger partial charge in [0.25, 0.3) is 0 Å². The highest BCUT2D eigenvalue weighted by Gasteiger charge is 2.39. The summed E-state index contributed by atoms with van der Waals surface area (Å²) in [6.45, 7) is 8.13. The molecule has 0 amide bonds. The molecule has 1 atom stereocenters. The molecule has 0 N–H and O–H groups in total. The van der Waals surface area contributed by atoms with Crippen LogP contribution in [0.1, 0.15) is 13.8 Å². The molecule has 0 spiro atoms. The van der Waals surface area contributed by atoms with E-state index in [2.05, 4.69) is 11.3 Å². The van der Waals surface area contributed by atoms with Crippen LogP contribution in [0.4, 0.5) is 0 Å². The normalized spacial score (nSPS) is 23.6. The van der Waals surface area contributed by atoms with Crippen molar-refractivity contribution in [2.45, 2.75) is 19.4 Å². The van der Waals surface area contributed by atoms with Gasteiger partial charge in [0, 0.05) is 5.57 Å². The fourth-order valence-corrected chi connectivity index (χ4v) is 0.775. The minimum atomic E-state index is -0.465. The summed E-state index contributed by atoms with van der Waals surface area (Å²) < 4.78 is 19.8. The lowest BCUT2D eigenvalue weighted by Crippen LogP contribution is -2.17. The monoisotopic (exact) mass is 216 g/mol. The van der Waals surface area contributed by atoms with E-state index in [9.17, 15) is 4.79 Å². The van der Waals surface area contributed by atoms with E-state index in [0.29, 0.717) is 12.2 Å². The second-order valence-corrected chi connectivity index (χ2v) is 3.74. The molecule has 0 aromatic rings. The standard InChI is InChI=1S/C10H16O5/c1-8(2)9(11)14-7-13-6-12-4-10(3)5-15-10/h1,4-7H2,2-3H3. The van der Waals surface area contributed by atoms with Gasteiger partial charge in [0.1, 0.15) is 5.60 Å². The molecule has 1 fully saturated rings. The van der Waals surface area contributed by atoms with Gasteiger partial charge in [-0.1, -0.05) is 6.58 Å². The Kier molecular flexibility index (Phi) is 4.26. The smallest absolute Gasteiger partial charge is 0.335 e. The van der Waals surface area contributed by atoms with E-state index in [0.717, 1.165) is 6.61 Å². The molecular formula is C10H16O5. The first-order chi connectivity index (χ1) is 7.03. The van der Waals surface area contributed by atoms with Crippen LogP contribution in [0, 0.1) is 0 Å². The molecular weight excluding hydrogens is 200 g/mol. The average molecular weight is 216 g/mol. The second kappa shape index (κ2) is 5.25. The van der Waals surface area contributed by atoms with Crippen LogP contribution in [0.5, 0.6) is 0 Å². The van der Waals surface area contributed by atoms with Gasteiger partial charge in [-0.3, -0.25) is 0 Å². The lowest BCUT2D eigenvalue weighted by molar-refractivity contribution is -0.165. The second-order valence-electron chi connectivity index (χ2n) is 3.74. The Balaban J connectivity index is 1.89. The fraction of sp³-hybridized carbons (Fsp3) is 0.700. The predicted octanol–water partition coefficient (Wildman–Crippen LogP) is 0.843. The molecule has 1 aliphatic rings. The van der Waals surface area contributed by atoms with Gasteiger partial charge < -0.3 is 18.9 Å². The molecule has 1 heterocycles. The molecule has 1 rings (SSSR count). The molecule has 1 unspecified atom stereocenters. The Labute approximate surface area is 88.9 Å². The van der Waals surface area contributed by atoms with Crippen molar-refractivity contribution in [1.29, 1.82) is 0 Å². The number of carbonyl (C=O) groups excluding carboxylic acids is 1. The molecule has 0 saturated carbocycles. The minimum Gasteiger partial charge on any atom is -0.435 e. The van der Waals surface area contributed by atoms with Crippen LogP contribution in [0.25, 0.3) is 0 Å². The van der Waals surface area contributed by atoms with Crippen molar-refractivity contribution in [3.8, 4) is 0 Å². The van der Waals surface area contributed by atoms with Crippen molar-refractivity contribution in [2.24, 2.45) is 0 Å². The lowest BCUT2D eigenvalue weighted by atomic mass is 10.2. The predicted molar refractivity (Wildman–Crippen MR) is 52.0 cm³/mol. The molecule has 0 aromatic heterocycles. The Bertz CT molecular complexity index is 244. The highest BCUT2D eigenvalue weighted by molar-refractivity contribution is 5.86. The Morgan fingerprint density at radius 3 is 2.67 bits per heavy atom. The average Bonchev–Trinajstić information content (AvgIpc) is 2.89. The van der Waals surface area contributed by atoms with Crippen LogP contribution in [-0.4, -0.2) is 38.4 Å². The van der Waals surface area contributed by atoms with E-state index in [1.807, 2.05) is 6.92 Å². The molecule has 0 bridgehead atoms. The number of hydrogen-bond donors (Lipinski definition) is 0. The number of ether oxygens (including phenoxy) is 4. The summed E-state index contributed by atoms with van der Waals surface area (Å²) in [6, 6.07) is 0. The minimum absolute atomic E-state index is 0.0857. The Morgan fingerprint density at radius 1 is 1.47 bits per heavy atom. The molecule has 15 heavy (non-hydrogen) atoms. The maximum Gasteiger partial charge on any atom is 0.335 e. The number of hydrogen-bond acceptors (Lipinski definition) is 5. The molecule has 0 aromatic carbocycles. The third-order valence-corrected chi connectivity index (χ3v) is 1.83. The van der Waals surface area contributed by atoms with E-state index in [1.54, 1.807) is 6.92 Å². The molecule has 86 valence electrons. The van der Waals surface area contributed by atoms with E-state index in [1.165, 1.54) is 0 Å². The Hall–Kier alpha value is -0.910. The van der Waals surface area contributed by atoms with Gasteiger partial charge in [-0.25, -0.2) is 4.79 Å². The zero-order valence-electron chi connectivity index (χ0n) is 9.08. The number of rotatable bonds is 7. The van der Waals surface area contributed by atoms with E-state index in [4.69, 9.17) is 14.2 Å². The summed E-state index contributed by atoms with van der Waals surface area (Å²) in [5.41, 5.74) is 0.205. The largest absolute Gasteiger partial charge is 0.435 e. The van der Waals surface area contributed by atoms with E-state index < -0.39 is 5.97 Å². The first kappa shape index (κ1) is 12.2. The Morgan fingerprint density at radius 2 is 2.13 bits per heavy atom. The third kappa shape index (κ3) is 4.92. The fourth-order valence-electron chi connectivity index (χ4n) is 0.775. The van der Waals surface area contributed by atoms with Crippen molar-refractivity contribution >= 4 is 5.97 Å². The van der Waals surface area contributed by atoms with Gasteiger partial charge in [0.2, 0.25) is 0 Å². The summed E-state index contributed by atoms with van der Waals surface area (Å²) >= 11 is 0. The van der Waals surface area contributed by atoms with Crippen molar-refractivity contribution in [2.75, 3.05) is 26.8 Å². The molecule has 0 aliphatic carbocycles. The quantitative estimate of drug-likeness (QED) is 0.207. The summed E-state index contributed by atoms with van der Waals surface area (Å²) in [7, 11) is 0. The van der Waals surface area contributed by atoms with Crippen molar-refractivity contribution in [3.63, 3.8) is 0 Å². The summed E-state index contributed by atoms with van der Waals surface area (Å²) in [4.78, 5) is 10.9. The van der Waals surface area contributed by atoms with Gasteiger partial charge in [-0.2, -0.15) is 0 Å². The number of epoxide rings is 1. The number of carbonyl (C=O) groups is 1. The van der Waals surface area contributed by atoms with Crippen molar-refractivity contribution in [3.05, 3.63) is 12.2 Å². The summed E-state index contributed by atoms with van der Waals surface area (Å²) in [5, 5.41) is 0. The molecule has 5 nitrogen and oxygen atoms in total. The van der Waals surface area contributed by atoms with Gasteiger partial charge in [-0.15, -0.1) is 0 Å². The molecule has 0 radical (unpaired) electrons. The van der Waals surface area contributed by atoms with Crippen LogP contribution < -0.4 is 0 Å². The van der Waals surface area contributed by atoms with Gasteiger partial charge in [-0.05, 0) is 13.8 Å². The van der Waals surface area contributed by atoms with Gasteiger partial charge in [0.15, 0.2) is 13.6 Å². The van der Waals surface area contributed by atoms with E-state index in [-0.39, 0.29) is 19.2 Å². The van der Waals surface area contributed by atoms with Crippen LogP contribution in [0.15, 0.2) is 12.2 Å². The molecule has 1 aliphatic heterocycles. The summed E-state index contributed by atoms with van der Waals surface area (Å²) in [5.74, 6) is -0.465. The zero-order valence-corrected chi connectivity index (χ0v) is 9.08. The summed E-state index contributed by atoms with van der Waals surface area (Å²) in [6.07, 6.45) is 0.